The zero-order valence-electron chi connectivity index (χ0n) is 18.8. The van der Waals surface area contributed by atoms with Crippen LogP contribution in [-0.2, 0) is 19.2 Å². The molecule has 1 aromatic heterocycles. The number of hydrogen-bond donors (Lipinski definition) is 0. The fourth-order valence-electron chi connectivity index (χ4n) is 5.29. The highest BCUT2D eigenvalue weighted by molar-refractivity contribution is 7.86. The van der Waals surface area contributed by atoms with Crippen molar-refractivity contribution >= 4 is 38.6 Å². The summed E-state index contributed by atoms with van der Waals surface area (Å²) in [6.07, 6.45) is 1.58. The van der Waals surface area contributed by atoms with Crippen LogP contribution in [0.5, 0.6) is 0 Å². The second-order valence-corrected chi connectivity index (χ2v) is 11.1. The second-order valence-electron chi connectivity index (χ2n) is 9.50. The Morgan fingerprint density at radius 1 is 1.21 bits per heavy atom. The molecule has 1 amide bonds. The number of amides is 1. The Morgan fingerprint density at radius 2 is 1.91 bits per heavy atom. The van der Waals surface area contributed by atoms with Crippen LogP contribution in [0.3, 0.4) is 0 Å². The summed E-state index contributed by atoms with van der Waals surface area (Å²) >= 11 is 0. The fraction of sp³-hybridized carbons (Fsp3) is 0.478. The number of hydroxylamine groups is 2. The average molecular weight is 476 g/mol. The molecular weight excluding hydrogens is 450 g/mol. The van der Waals surface area contributed by atoms with E-state index >= 15 is 0 Å². The van der Waals surface area contributed by atoms with Gasteiger partial charge in [0, 0.05) is 24.4 Å². The Hall–Kier alpha value is -2.85. The van der Waals surface area contributed by atoms with Gasteiger partial charge >= 0.3 is 5.63 Å². The summed E-state index contributed by atoms with van der Waals surface area (Å²) in [7, 11) is -3.24. The molecule has 0 saturated heterocycles. The molecule has 2 saturated carbocycles. The quantitative estimate of drug-likeness (QED) is 0.354. The molecule has 10 heteroatoms. The van der Waals surface area contributed by atoms with E-state index in [1.54, 1.807) is 0 Å². The maximum atomic E-state index is 12.8. The third-order valence-corrected chi connectivity index (χ3v) is 8.74. The Morgan fingerprint density at radius 3 is 2.48 bits per heavy atom. The zero-order valence-corrected chi connectivity index (χ0v) is 19.7. The van der Waals surface area contributed by atoms with Gasteiger partial charge in [0.2, 0.25) is 0 Å². The van der Waals surface area contributed by atoms with Gasteiger partial charge in [-0.3, -0.25) is 14.4 Å². The number of Topliss-reactive ketones (excluding diaryl/α,β-unsaturated/α-hetero) is 2. The predicted octanol–water partition coefficient (Wildman–Crippen LogP) is 2.72. The molecule has 0 aliphatic heterocycles. The predicted molar refractivity (Wildman–Crippen MR) is 118 cm³/mol. The number of carbonyl (C=O) groups excluding carboxylic acids is 3. The molecule has 176 valence electrons. The van der Waals surface area contributed by atoms with Crippen LogP contribution in [0.1, 0.15) is 60.7 Å². The van der Waals surface area contributed by atoms with Crippen LogP contribution in [0.25, 0.3) is 11.0 Å². The Balaban J connectivity index is 1.57. The van der Waals surface area contributed by atoms with E-state index in [0.29, 0.717) is 28.9 Å². The molecule has 2 unspecified atom stereocenters. The minimum Gasteiger partial charge on any atom is -0.422 e. The maximum absolute atomic E-state index is 12.8. The lowest BCUT2D eigenvalue weighted by Gasteiger charge is -2.36. The Labute approximate surface area is 190 Å². The zero-order chi connectivity index (χ0) is 24.3. The molecule has 9 nitrogen and oxygen atoms in total. The van der Waals surface area contributed by atoms with Crippen molar-refractivity contribution < 1.29 is 31.5 Å². The van der Waals surface area contributed by atoms with Crippen molar-refractivity contribution in [2.45, 2.75) is 40.0 Å². The standard InChI is InChI=1S/C23H25NO8S/c1-13(25)14-5-6-15-9-17(21(28)31-18(15)10-14)20(27)24(4)32-33(29,30)12-23-8-7-16(11-19(23)26)22(23,2)3/h5-6,9-10,16H,7-8,11-12H2,1-4H3. The smallest absolute Gasteiger partial charge is 0.349 e. The van der Waals surface area contributed by atoms with Gasteiger partial charge in [-0.25, -0.2) is 9.86 Å². The lowest BCUT2D eigenvalue weighted by Crippen LogP contribution is -2.44. The van der Waals surface area contributed by atoms with Crippen molar-refractivity contribution in [2.24, 2.45) is 16.7 Å². The van der Waals surface area contributed by atoms with Crippen LogP contribution < -0.4 is 5.63 Å². The first-order chi connectivity index (χ1) is 15.3. The van der Waals surface area contributed by atoms with Crippen LogP contribution in [0.15, 0.2) is 33.5 Å². The summed E-state index contributed by atoms with van der Waals surface area (Å²) in [5, 5.41) is 0.848. The molecule has 1 aromatic carbocycles. The topological polar surface area (TPSA) is 128 Å². The van der Waals surface area contributed by atoms with Crippen molar-refractivity contribution in [1.29, 1.82) is 0 Å². The minimum absolute atomic E-state index is 0.0926. The number of ketones is 2. The van der Waals surface area contributed by atoms with Gasteiger partial charge < -0.3 is 4.42 Å². The summed E-state index contributed by atoms with van der Waals surface area (Å²) < 4.78 is 35.9. The molecule has 2 aliphatic rings. The van der Waals surface area contributed by atoms with Gasteiger partial charge in [-0.15, -0.1) is 4.28 Å². The Bertz CT molecular complexity index is 1360. The van der Waals surface area contributed by atoms with E-state index in [1.165, 1.54) is 31.2 Å². The van der Waals surface area contributed by atoms with E-state index in [2.05, 4.69) is 0 Å². The molecule has 0 radical (unpaired) electrons. The van der Waals surface area contributed by atoms with Crippen LogP contribution >= 0.6 is 0 Å². The molecule has 0 spiro atoms. The van der Waals surface area contributed by atoms with Crippen LogP contribution in [0.4, 0.5) is 0 Å². The number of carbonyl (C=O) groups is 3. The van der Waals surface area contributed by atoms with Crippen molar-refractivity contribution in [2.75, 3.05) is 12.8 Å². The molecule has 0 N–H and O–H groups in total. The van der Waals surface area contributed by atoms with Crippen molar-refractivity contribution in [3.63, 3.8) is 0 Å². The summed E-state index contributed by atoms with van der Waals surface area (Å²) in [6.45, 7) is 5.17. The molecule has 2 aromatic rings. The van der Waals surface area contributed by atoms with Gasteiger partial charge in [0.05, 0.1) is 11.2 Å². The van der Waals surface area contributed by atoms with E-state index in [0.717, 1.165) is 13.5 Å². The number of rotatable bonds is 6. The van der Waals surface area contributed by atoms with Crippen LogP contribution in [0.2, 0.25) is 0 Å². The SMILES string of the molecule is CC(=O)c1ccc2cc(C(=O)N(C)OS(=O)(=O)CC34CCC(CC3=O)C4(C)C)c(=O)oc2c1. The number of hydrogen-bond acceptors (Lipinski definition) is 8. The lowest BCUT2D eigenvalue weighted by atomic mass is 9.70. The van der Waals surface area contributed by atoms with E-state index in [1.807, 2.05) is 13.8 Å². The first-order valence-electron chi connectivity index (χ1n) is 10.6. The number of fused-ring (bicyclic) bond motifs is 3. The summed E-state index contributed by atoms with van der Waals surface area (Å²) in [6, 6.07) is 5.70. The molecular formula is C23H25NO8S. The summed E-state index contributed by atoms with van der Waals surface area (Å²) in [5.74, 6) is -1.71. The van der Waals surface area contributed by atoms with Crippen molar-refractivity contribution in [1.82, 2.24) is 5.06 Å². The lowest BCUT2D eigenvalue weighted by molar-refractivity contribution is -0.128. The summed E-state index contributed by atoms with van der Waals surface area (Å²) in [4.78, 5) is 49.4. The van der Waals surface area contributed by atoms with Crippen molar-refractivity contribution in [3.8, 4) is 0 Å². The van der Waals surface area contributed by atoms with Crippen molar-refractivity contribution in [3.05, 3.63) is 45.8 Å². The third-order valence-electron chi connectivity index (χ3n) is 7.45. The molecule has 33 heavy (non-hydrogen) atoms. The van der Waals surface area contributed by atoms with Gasteiger partial charge in [0.1, 0.15) is 16.9 Å². The van der Waals surface area contributed by atoms with Crippen LogP contribution in [0, 0.1) is 16.7 Å². The molecule has 4 rings (SSSR count). The van der Waals surface area contributed by atoms with Gasteiger partial charge in [0.25, 0.3) is 16.0 Å². The van der Waals surface area contributed by atoms with E-state index in [4.69, 9.17) is 8.70 Å². The normalized spacial score (nSPS) is 23.8. The van der Waals surface area contributed by atoms with Crippen LogP contribution in [-0.4, -0.2) is 43.8 Å². The molecule has 2 aliphatic carbocycles. The van der Waals surface area contributed by atoms with E-state index in [9.17, 15) is 27.6 Å². The Kier molecular flexibility index (Phi) is 5.37. The number of benzene rings is 1. The second kappa shape index (κ2) is 7.59. The fourth-order valence-corrected chi connectivity index (χ4v) is 7.03. The highest BCUT2D eigenvalue weighted by atomic mass is 32.2. The van der Waals surface area contributed by atoms with E-state index < -0.39 is 43.8 Å². The molecule has 2 atom stereocenters. The summed E-state index contributed by atoms with van der Waals surface area (Å²) in [5.41, 5.74) is -2.48. The monoisotopic (exact) mass is 475 g/mol. The minimum atomic E-state index is -4.32. The first kappa shape index (κ1) is 23.3. The van der Waals surface area contributed by atoms with E-state index in [-0.39, 0.29) is 23.1 Å². The van der Waals surface area contributed by atoms with Gasteiger partial charge in [-0.05, 0) is 43.2 Å². The average Bonchev–Trinajstić information content (AvgIpc) is 3.05. The van der Waals surface area contributed by atoms with Gasteiger partial charge in [-0.2, -0.15) is 8.42 Å². The number of nitrogens with zero attached hydrogens (tertiary/aromatic N) is 1. The molecule has 2 bridgehead atoms. The third kappa shape index (κ3) is 3.71. The maximum Gasteiger partial charge on any atom is 0.349 e. The van der Waals surface area contributed by atoms with Gasteiger partial charge in [-0.1, -0.05) is 26.0 Å². The molecule has 1 heterocycles. The molecule has 2 fully saturated rings. The van der Waals surface area contributed by atoms with Gasteiger partial charge in [0.15, 0.2) is 5.78 Å². The first-order valence-corrected chi connectivity index (χ1v) is 12.2. The highest BCUT2D eigenvalue weighted by Gasteiger charge is 2.65. The highest BCUT2D eigenvalue weighted by Crippen LogP contribution is 2.64. The largest absolute Gasteiger partial charge is 0.422 e.